The van der Waals surface area contributed by atoms with Crippen molar-refractivity contribution in [3.05, 3.63) is 29.8 Å². The van der Waals surface area contributed by atoms with Crippen LogP contribution in [0.15, 0.2) is 24.3 Å². The number of methoxy groups -OCH3 is 1. The summed E-state index contributed by atoms with van der Waals surface area (Å²) in [5.74, 6) is 0.884. The third kappa shape index (κ3) is 3.44. The number of amides is 1. The summed E-state index contributed by atoms with van der Waals surface area (Å²) in [6.45, 7) is 0.926. The maximum absolute atomic E-state index is 12.3. The molecule has 1 saturated carbocycles. The van der Waals surface area contributed by atoms with Gasteiger partial charge in [0.25, 0.3) is 0 Å². The predicted octanol–water partition coefficient (Wildman–Crippen LogP) is 2.25. The first-order valence-electron chi connectivity index (χ1n) is 6.82. The lowest BCUT2D eigenvalue weighted by molar-refractivity contribution is -0.130. The highest BCUT2D eigenvalue weighted by molar-refractivity contribution is 5.85. The van der Waals surface area contributed by atoms with E-state index in [0.29, 0.717) is 13.1 Å². The van der Waals surface area contributed by atoms with Gasteiger partial charge in [-0.05, 0) is 18.9 Å². The predicted molar refractivity (Wildman–Crippen MR) is 82.0 cm³/mol. The molecule has 0 spiro atoms. The van der Waals surface area contributed by atoms with Crippen LogP contribution in [0.1, 0.15) is 31.2 Å². The first-order chi connectivity index (χ1) is 9.22. The molecule has 0 heterocycles. The van der Waals surface area contributed by atoms with Crippen LogP contribution in [0.2, 0.25) is 0 Å². The van der Waals surface area contributed by atoms with Gasteiger partial charge >= 0.3 is 0 Å². The minimum Gasteiger partial charge on any atom is -0.496 e. The number of ether oxygens (including phenoxy) is 1. The quantitative estimate of drug-likeness (QED) is 0.876. The van der Waals surface area contributed by atoms with Crippen LogP contribution in [-0.2, 0) is 11.3 Å². The molecule has 0 aromatic heterocycles. The minimum atomic E-state index is -0.345. The molecule has 1 amide bonds. The lowest BCUT2D eigenvalue weighted by atomic mass is 9.85. The number of nitrogens with two attached hydrogens (primary N) is 1. The van der Waals surface area contributed by atoms with E-state index in [1.807, 2.05) is 24.3 Å². The average molecular weight is 299 g/mol. The van der Waals surface area contributed by atoms with Crippen LogP contribution in [0, 0.1) is 5.41 Å². The van der Waals surface area contributed by atoms with Crippen LogP contribution in [0.4, 0.5) is 0 Å². The van der Waals surface area contributed by atoms with Gasteiger partial charge in [-0.25, -0.2) is 0 Å². The van der Waals surface area contributed by atoms with Gasteiger partial charge in [-0.2, -0.15) is 0 Å². The molecule has 5 heteroatoms. The Labute approximate surface area is 126 Å². The highest BCUT2D eigenvalue weighted by Gasteiger charge is 2.39. The van der Waals surface area contributed by atoms with Gasteiger partial charge < -0.3 is 15.8 Å². The van der Waals surface area contributed by atoms with Crippen molar-refractivity contribution in [3.63, 3.8) is 0 Å². The smallest absolute Gasteiger partial charge is 0.227 e. The number of para-hydroxylation sites is 1. The van der Waals surface area contributed by atoms with Crippen molar-refractivity contribution in [3.8, 4) is 5.75 Å². The molecule has 0 radical (unpaired) electrons. The number of rotatable bonds is 5. The molecule has 0 saturated heterocycles. The van der Waals surface area contributed by atoms with Gasteiger partial charge in [0.1, 0.15) is 5.75 Å². The first-order valence-corrected chi connectivity index (χ1v) is 6.82. The number of benzene rings is 1. The van der Waals surface area contributed by atoms with Gasteiger partial charge in [-0.3, -0.25) is 4.79 Å². The maximum atomic E-state index is 12.3. The topological polar surface area (TPSA) is 64.3 Å². The molecule has 1 aromatic rings. The molecule has 3 N–H and O–H groups in total. The Morgan fingerprint density at radius 3 is 2.60 bits per heavy atom. The van der Waals surface area contributed by atoms with E-state index in [1.54, 1.807) is 7.11 Å². The van der Waals surface area contributed by atoms with Crippen molar-refractivity contribution in [2.75, 3.05) is 13.7 Å². The third-order valence-electron chi connectivity index (χ3n) is 4.06. The number of nitrogens with one attached hydrogen (secondary N) is 1. The van der Waals surface area contributed by atoms with E-state index in [0.717, 1.165) is 37.0 Å². The number of carbonyl (C=O) groups excluding carboxylic acids is 1. The molecule has 0 aliphatic heterocycles. The number of halogens is 1. The van der Waals surface area contributed by atoms with Gasteiger partial charge in [-0.1, -0.05) is 31.0 Å². The standard InChI is InChI=1S/C15H22N2O2.ClH/c1-19-13-7-3-2-6-12(13)10-17-14(18)15(11-16)8-4-5-9-15;/h2-3,6-7H,4-5,8-11,16H2,1H3,(H,17,18);1H. The molecule has 0 unspecified atom stereocenters. The largest absolute Gasteiger partial charge is 0.496 e. The van der Waals surface area contributed by atoms with Crippen molar-refractivity contribution >= 4 is 18.3 Å². The third-order valence-corrected chi connectivity index (χ3v) is 4.06. The van der Waals surface area contributed by atoms with Crippen molar-refractivity contribution < 1.29 is 9.53 Å². The van der Waals surface area contributed by atoms with Gasteiger partial charge in [-0.15, -0.1) is 12.4 Å². The molecule has 0 bridgehead atoms. The normalized spacial score (nSPS) is 16.3. The second-order valence-corrected chi connectivity index (χ2v) is 5.19. The summed E-state index contributed by atoms with van der Waals surface area (Å²) in [6.07, 6.45) is 4.00. The van der Waals surface area contributed by atoms with Gasteiger partial charge in [0.15, 0.2) is 0 Å². The van der Waals surface area contributed by atoms with Crippen molar-refractivity contribution in [1.29, 1.82) is 0 Å². The molecule has 112 valence electrons. The Hall–Kier alpha value is -1.26. The van der Waals surface area contributed by atoms with E-state index >= 15 is 0 Å². The fourth-order valence-corrected chi connectivity index (χ4v) is 2.79. The van der Waals surface area contributed by atoms with Crippen molar-refractivity contribution in [2.24, 2.45) is 11.1 Å². The lowest BCUT2D eigenvalue weighted by Crippen LogP contribution is -2.43. The van der Waals surface area contributed by atoms with Crippen LogP contribution < -0.4 is 15.8 Å². The number of hydrogen-bond acceptors (Lipinski definition) is 3. The van der Waals surface area contributed by atoms with Crippen molar-refractivity contribution in [1.82, 2.24) is 5.32 Å². The molecule has 1 aromatic carbocycles. The van der Waals surface area contributed by atoms with E-state index in [4.69, 9.17) is 10.5 Å². The van der Waals surface area contributed by atoms with Gasteiger partial charge in [0, 0.05) is 18.7 Å². The molecule has 1 aliphatic carbocycles. The SMILES string of the molecule is COc1ccccc1CNC(=O)C1(CN)CCCC1.Cl. The molecule has 4 nitrogen and oxygen atoms in total. The highest BCUT2D eigenvalue weighted by atomic mass is 35.5. The van der Waals surface area contributed by atoms with E-state index < -0.39 is 0 Å². The molecule has 1 fully saturated rings. The van der Waals surface area contributed by atoms with E-state index in [2.05, 4.69) is 5.32 Å². The fraction of sp³-hybridized carbons (Fsp3) is 0.533. The Kier molecular flexibility index (Phi) is 6.30. The molecular weight excluding hydrogens is 276 g/mol. The first kappa shape index (κ1) is 16.8. The molecule has 2 rings (SSSR count). The van der Waals surface area contributed by atoms with E-state index in [1.165, 1.54) is 0 Å². The Bertz CT molecular complexity index is 445. The Morgan fingerprint density at radius 2 is 2.00 bits per heavy atom. The summed E-state index contributed by atoms with van der Waals surface area (Å²) in [5, 5.41) is 3.01. The Morgan fingerprint density at radius 1 is 1.35 bits per heavy atom. The zero-order chi connectivity index (χ0) is 13.7. The Balaban J connectivity index is 0.00000200. The van der Waals surface area contributed by atoms with Crippen LogP contribution in [0.25, 0.3) is 0 Å². The van der Waals surface area contributed by atoms with Crippen LogP contribution >= 0.6 is 12.4 Å². The maximum Gasteiger partial charge on any atom is 0.227 e. The molecule has 20 heavy (non-hydrogen) atoms. The summed E-state index contributed by atoms with van der Waals surface area (Å²) < 4.78 is 5.28. The monoisotopic (exact) mass is 298 g/mol. The van der Waals surface area contributed by atoms with Crippen LogP contribution in [0.5, 0.6) is 5.75 Å². The summed E-state index contributed by atoms with van der Waals surface area (Å²) >= 11 is 0. The number of hydrogen-bond donors (Lipinski definition) is 2. The minimum absolute atomic E-state index is 0. The zero-order valence-electron chi connectivity index (χ0n) is 11.9. The molecule has 1 aliphatic rings. The van der Waals surface area contributed by atoms with Gasteiger partial charge in [0.2, 0.25) is 5.91 Å². The van der Waals surface area contributed by atoms with E-state index in [-0.39, 0.29) is 23.7 Å². The summed E-state index contributed by atoms with van der Waals surface area (Å²) in [4.78, 5) is 12.3. The molecular formula is C15H23ClN2O2. The second-order valence-electron chi connectivity index (χ2n) is 5.19. The van der Waals surface area contributed by atoms with Crippen molar-refractivity contribution in [2.45, 2.75) is 32.2 Å². The van der Waals surface area contributed by atoms with E-state index in [9.17, 15) is 4.79 Å². The van der Waals surface area contributed by atoms with Gasteiger partial charge in [0.05, 0.1) is 12.5 Å². The summed E-state index contributed by atoms with van der Waals surface area (Å²) in [6, 6.07) is 7.72. The average Bonchev–Trinajstić information content (AvgIpc) is 2.95. The second kappa shape index (κ2) is 7.50. The summed E-state index contributed by atoms with van der Waals surface area (Å²) in [7, 11) is 1.64. The summed E-state index contributed by atoms with van der Waals surface area (Å²) in [5.41, 5.74) is 6.45. The molecule has 0 atom stereocenters. The lowest BCUT2D eigenvalue weighted by Gasteiger charge is -2.25. The number of carbonyl (C=O) groups is 1. The fourth-order valence-electron chi connectivity index (χ4n) is 2.79. The van der Waals surface area contributed by atoms with Crippen LogP contribution in [0.3, 0.4) is 0 Å². The highest BCUT2D eigenvalue weighted by Crippen LogP contribution is 2.37. The zero-order valence-corrected chi connectivity index (χ0v) is 12.7. The van der Waals surface area contributed by atoms with Crippen LogP contribution in [-0.4, -0.2) is 19.6 Å².